The molecule has 0 fully saturated rings. The summed E-state index contributed by atoms with van der Waals surface area (Å²) in [5.41, 5.74) is 8.89. The average Bonchev–Trinajstić information content (AvgIpc) is 2.39. The van der Waals surface area contributed by atoms with Crippen molar-refractivity contribution in [3.05, 3.63) is 58.7 Å². The first-order valence-electron chi connectivity index (χ1n) is 6.40. The molecule has 3 N–H and O–H groups in total. The molecular formula is C15H20N4. The molecule has 4 heteroatoms. The quantitative estimate of drug-likeness (QED) is 0.650. The molecule has 100 valence electrons. The average molecular weight is 256 g/mol. The number of nitrogens with two attached hydrogens (primary N) is 1. The number of nitrogens with zero attached hydrogens (tertiary/aromatic N) is 2. The molecule has 1 aromatic carbocycles. The predicted octanol–water partition coefficient (Wildman–Crippen LogP) is 2.15. The SMILES string of the molecule is Cc1cc(C)c(CC(NN)c2cnccn2)c(C)c1. The molecule has 0 radical (unpaired) electrons. The number of rotatable bonds is 4. The van der Waals surface area contributed by atoms with Gasteiger partial charge in [0.05, 0.1) is 17.9 Å². The van der Waals surface area contributed by atoms with Gasteiger partial charge in [-0.15, -0.1) is 0 Å². The molecule has 4 nitrogen and oxygen atoms in total. The van der Waals surface area contributed by atoms with Crippen molar-refractivity contribution in [3.63, 3.8) is 0 Å². The number of aryl methyl sites for hydroxylation is 3. The number of hydrazine groups is 1. The van der Waals surface area contributed by atoms with Gasteiger partial charge in [0.1, 0.15) is 0 Å². The topological polar surface area (TPSA) is 63.8 Å². The second-order valence-electron chi connectivity index (χ2n) is 4.93. The van der Waals surface area contributed by atoms with Crippen molar-refractivity contribution in [1.82, 2.24) is 15.4 Å². The van der Waals surface area contributed by atoms with Gasteiger partial charge in [0, 0.05) is 12.4 Å². The number of benzene rings is 1. The fourth-order valence-corrected chi connectivity index (χ4v) is 2.48. The first kappa shape index (κ1) is 13.6. The third-order valence-electron chi connectivity index (χ3n) is 3.39. The Morgan fingerprint density at radius 3 is 2.37 bits per heavy atom. The van der Waals surface area contributed by atoms with Crippen molar-refractivity contribution in [2.24, 2.45) is 5.84 Å². The zero-order valence-electron chi connectivity index (χ0n) is 11.6. The summed E-state index contributed by atoms with van der Waals surface area (Å²) >= 11 is 0. The number of nitrogens with one attached hydrogen (secondary N) is 1. The van der Waals surface area contributed by atoms with Gasteiger partial charge in [0.15, 0.2) is 0 Å². The van der Waals surface area contributed by atoms with E-state index in [1.165, 1.54) is 22.3 Å². The zero-order chi connectivity index (χ0) is 13.8. The van der Waals surface area contributed by atoms with Crippen LogP contribution in [0.4, 0.5) is 0 Å². The highest BCUT2D eigenvalue weighted by Gasteiger charge is 2.15. The molecule has 1 atom stereocenters. The summed E-state index contributed by atoms with van der Waals surface area (Å²) in [5.74, 6) is 5.66. The molecular weight excluding hydrogens is 236 g/mol. The maximum absolute atomic E-state index is 5.66. The maximum Gasteiger partial charge on any atom is 0.0772 e. The maximum atomic E-state index is 5.66. The Kier molecular flexibility index (Phi) is 4.24. The lowest BCUT2D eigenvalue weighted by Gasteiger charge is -2.18. The van der Waals surface area contributed by atoms with Gasteiger partial charge in [-0.05, 0) is 43.9 Å². The van der Waals surface area contributed by atoms with Crippen molar-refractivity contribution in [1.29, 1.82) is 0 Å². The Morgan fingerprint density at radius 2 is 1.84 bits per heavy atom. The van der Waals surface area contributed by atoms with Crippen LogP contribution in [0.25, 0.3) is 0 Å². The van der Waals surface area contributed by atoms with Gasteiger partial charge in [-0.1, -0.05) is 17.7 Å². The molecule has 0 aliphatic carbocycles. The molecule has 0 amide bonds. The lowest BCUT2D eigenvalue weighted by molar-refractivity contribution is 0.534. The van der Waals surface area contributed by atoms with Gasteiger partial charge in [-0.3, -0.25) is 21.2 Å². The Balaban J connectivity index is 2.29. The monoisotopic (exact) mass is 256 g/mol. The lowest BCUT2D eigenvalue weighted by atomic mass is 9.93. The summed E-state index contributed by atoms with van der Waals surface area (Å²) in [7, 11) is 0. The Morgan fingerprint density at radius 1 is 1.16 bits per heavy atom. The highest BCUT2D eigenvalue weighted by molar-refractivity contribution is 5.38. The molecule has 0 spiro atoms. The molecule has 0 saturated carbocycles. The second kappa shape index (κ2) is 5.91. The van der Waals surface area contributed by atoms with Crippen molar-refractivity contribution in [2.45, 2.75) is 33.2 Å². The van der Waals surface area contributed by atoms with Crippen molar-refractivity contribution >= 4 is 0 Å². The molecule has 1 aromatic heterocycles. The Bertz CT molecular complexity index is 528. The Hall–Kier alpha value is -1.78. The molecule has 0 saturated heterocycles. The zero-order valence-corrected chi connectivity index (χ0v) is 11.6. The van der Waals surface area contributed by atoms with Crippen LogP contribution in [0.15, 0.2) is 30.7 Å². The molecule has 0 aliphatic heterocycles. The van der Waals surface area contributed by atoms with Crippen LogP contribution in [-0.4, -0.2) is 9.97 Å². The van der Waals surface area contributed by atoms with Crippen molar-refractivity contribution < 1.29 is 0 Å². The van der Waals surface area contributed by atoms with Crippen LogP contribution in [0.1, 0.15) is 34.0 Å². The number of hydrogen-bond acceptors (Lipinski definition) is 4. The molecule has 2 rings (SSSR count). The van der Waals surface area contributed by atoms with Crippen LogP contribution < -0.4 is 11.3 Å². The van der Waals surface area contributed by atoms with Gasteiger partial charge in [-0.2, -0.15) is 0 Å². The highest BCUT2D eigenvalue weighted by atomic mass is 15.2. The van der Waals surface area contributed by atoms with E-state index in [2.05, 4.69) is 48.3 Å². The fourth-order valence-electron chi connectivity index (χ4n) is 2.48. The third-order valence-corrected chi connectivity index (χ3v) is 3.39. The van der Waals surface area contributed by atoms with E-state index in [1.54, 1.807) is 18.6 Å². The van der Waals surface area contributed by atoms with Crippen molar-refractivity contribution in [2.75, 3.05) is 0 Å². The molecule has 1 heterocycles. The molecule has 2 aromatic rings. The van der Waals surface area contributed by atoms with Crippen LogP contribution in [0.2, 0.25) is 0 Å². The van der Waals surface area contributed by atoms with Gasteiger partial charge in [0.2, 0.25) is 0 Å². The van der Waals surface area contributed by atoms with E-state index in [4.69, 9.17) is 5.84 Å². The van der Waals surface area contributed by atoms with Crippen LogP contribution in [0.5, 0.6) is 0 Å². The van der Waals surface area contributed by atoms with E-state index >= 15 is 0 Å². The summed E-state index contributed by atoms with van der Waals surface area (Å²) in [4.78, 5) is 8.41. The van der Waals surface area contributed by atoms with Crippen LogP contribution in [-0.2, 0) is 6.42 Å². The minimum Gasteiger partial charge on any atom is -0.271 e. The minimum atomic E-state index is -0.0196. The van der Waals surface area contributed by atoms with Crippen LogP contribution in [0, 0.1) is 20.8 Å². The summed E-state index contributed by atoms with van der Waals surface area (Å²) in [6.45, 7) is 6.39. The van der Waals surface area contributed by atoms with Gasteiger partial charge in [-0.25, -0.2) is 0 Å². The van der Waals surface area contributed by atoms with E-state index in [0.717, 1.165) is 12.1 Å². The van der Waals surface area contributed by atoms with E-state index in [1.807, 2.05) is 0 Å². The van der Waals surface area contributed by atoms with Crippen molar-refractivity contribution in [3.8, 4) is 0 Å². The summed E-state index contributed by atoms with van der Waals surface area (Å²) in [6, 6.07) is 4.38. The predicted molar refractivity (Wildman–Crippen MR) is 76.5 cm³/mol. The van der Waals surface area contributed by atoms with E-state index in [9.17, 15) is 0 Å². The van der Waals surface area contributed by atoms with Gasteiger partial charge in [0.25, 0.3) is 0 Å². The Labute approximate surface area is 114 Å². The van der Waals surface area contributed by atoms with E-state index in [-0.39, 0.29) is 6.04 Å². The summed E-state index contributed by atoms with van der Waals surface area (Å²) in [5, 5.41) is 0. The molecule has 0 bridgehead atoms. The standard InChI is InChI=1S/C15H20N4/c1-10-6-11(2)13(12(3)7-10)8-14(19-16)15-9-17-4-5-18-15/h4-7,9,14,19H,8,16H2,1-3H3. The van der Waals surface area contributed by atoms with Gasteiger partial charge < -0.3 is 0 Å². The second-order valence-corrected chi connectivity index (χ2v) is 4.93. The molecule has 1 unspecified atom stereocenters. The largest absolute Gasteiger partial charge is 0.271 e. The lowest BCUT2D eigenvalue weighted by Crippen LogP contribution is -2.30. The van der Waals surface area contributed by atoms with Crippen LogP contribution in [0.3, 0.4) is 0 Å². The highest BCUT2D eigenvalue weighted by Crippen LogP contribution is 2.22. The minimum absolute atomic E-state index is 0.0196. The number of hydrogen-bond donors (Lipinski definition) is 2. The fraction of sp³-hybridized carbons (Fsp3) is 0.333. The molecule has 0 aliphatic rings. The summed E-state index contributed by atoms with van der Waals surface area (Å²) < 4.78 is 0. The smallest absolute Gasteiger partial charge is 0.0772 e. The first-order chi connectivity index (χ1) is 9.11. The van der Waals surface area contributed by atoms with Crippen LogP contribution >= 0.6 is 0 Å². The third kappa shape index (κ3) is 3.16. The first-order valence-corrected chi connectivity index (χ1v) is 6.40. The molecule has 19 heavy (non-hydrogen) atoms. The van der Waals surface area contributed by atoms with E-state index < -0.39 is 0 Å². The van der Waals surface area contributed by atoms with Gasteiger partial charge >= 0.3 is 0 Å². The van der Waals surface area contributed by atoms with E-state index in [0.29, 0.717) is 0 Å². The summed E-state index contributed by atoms with van der Waals surface area (Å²) in [6.07, 6.45) is 5.92. The number of aromatic nitrogens is 2. The normalized spacial score (nSPS) is 12.4.